The van der Waals surface area contributed by atoms with E-state index in [0.29, 0.717) is 0 Å². The van der Waals surface area contributed by atoms with E-state index in [2.05, 4.69) is 86.6 Å². The van der Waals surface area contributed by atoms with E-state index >= 15 is 0 Å². The number of anilines is 2. The summed E-state index contributed by atoms with van der Waals surface area (Å²) < 4.78 is 0. The van der Waals surface area contributed by atoms with Crippen LogP contribution in [0.4, 0.5) is 11.4 Å². The number of benzene rings is 4. The van der Waals surface area contributed by atoms with Crippen LogP contribution in [0, 0.1) is 0 Å². The van der Waals surface area contributed by atoms with Crippen LogP contribution in [-0.2, 0) is 12.8 Å². The molecule has 0 aliphatic carbocycles. The molecule has 0 saturated heterocycles. The fourth-order valence-corrected chi connectivity index (χ4v) is 3.48. The second-order valence-corrected chi connectivity index (χ2v) is 7.90. The number of nitrogen functional groups attached to an aromatic ring is 2. The molecule has 0 aliphatic rings. The summed E-state index contributed by atoms with van der Waals surface area (Å²) in [4.78, 5) is 0. The van der Waals surface area contributed by atoms with Gasteiger partial charge in [-0.25, -0.2) is 0 Å². The molecule has 158 valence electrons. The molecule has 4 N–H and O–H groups in total. The standard InChI is InChI=1S/C26H24N2.C3H8/c27-24-13-7-20(8-14-24)17-19-5-11-22(12-6-19)26-4-2-1-3-23(26)18-21-9-15-25(28)16-10-21;1-3-2/h1-16H,17-18,27-28H2;3H2,1-2H3. The van der Waals surface area contributed by atoms with Crippen LogP contribution >= 0.6 is 0 Å². The zero-order valence-electron chi connectivity index (χ0n) is 18.5. The largest absolute Gasteiger partial charge is 0.399 e. The second-order valence-electron chi connectivity index (χ2n) is 7.90. The van der Waals surface area contributed by atoms with Gasteiger partial charge in [0.2, 0.25) is 0 Å². The van der Waals surface area contributed by atoms with Crippen LogP contribution < -0.4 is 11.5 Å². The summed E-state index contributed by atoms with van der Waals surface area (Å²) >= 11 is 0. The lowest BCUT2D eigenvalue weighted by molar-refractivity contribution is 1.09. The minimum absolute atomic E-state index is 0.800. The first-order chi connectivity index (χ1) is 15.1. The predicted molar refractivity (Wildman–Crippen MR) is 135 cm³/mol. The first-order valence-electron chi connectivity index (χ1n) is 10.9. The van der Waals surface area contributed by atoms with Gasteiger partial charge >= 0.3 is 0 Å². The van der Waals surface area contributed by atoms with Crippen molar-refractivity contribution in [1.29, 1.82) is 0 Å². The van der Waals surface area contributed by atoms with Crippen molar-refractivity contribution >= 4 is 11.4 Å². The van der Waals surface area contributed by atoms with Crippen molar-refractivity contribution in [2.75, 3.05) is 11.5 Å². The Labute approximate surface area is 186 Å². The Morgan fingerprint density at radius 1 is 0.516 bits per heavy atom. The van der Waals surface area contributed by atoms with Crippen LogP contribution in [0.25, 0.3) is 11.1 Å². The molecule has 4 aromatic rings. The van der Waals surface area contributed by atoms with Crippen molar-refractivity contribution in [3.63, 3.8) is 0 Å². The van der Waals surface area contributed by atoms with Crippen molar-refractivity contribution in [2.45, 2.75) is 33.1 Å². The summed E-state index contributed by atoms with van der Waals surface area (Å²) in [6.45, 7) is 4.25. The molecule has 0 heterocycles. The first kappa shape index (κ1) is 22.2. The number of nitrogens with two attached hydrogens (primary N) is 2. The smallest absolute Gasteiger partial charge is 0.0314 e. The summed E-state index contributed by atoms with van der Waals surface area (Å²) in [6.07, 6.45) is 3.05. The Balaban J connectivity index is 0.000000858. The Hall–Kier alpha value is -3.52. The molecular formula is C29H32N2. The van der Waals surface area contributed by atoms with Crippen molar-refractivity contribution < 1.29 is 0 Å². The molecule has 0 saturated carbocycles. The summed E-state index contributed by atoms with van der Waals surface area (Å²) in [5, 5.41) is 0. The Bertz CT molecular complexity index is 1060. The lowest BCUT2D eigenvalue weighted by Crippen LogP contribution is -1.94. The van der Waals surface area contributed by atoms with Crippen LogP contribution in [-0.4, -0.2) is 0 Å². The third-order valence-corrected chi connectivity index (χ3v) is 5.04. The molecule has 2 heteroatoms. The molecule has 4 rings (SSSR count). The number of rotatable bonds is 5. The van der Waals surface area contributed by atoms with Gasteiger partial charge in [0.15, 0.2) is 0 Å². The topological polar surface area (TPSA) is 52.0 Å². The highest BCUT2D eigenvalue weighted by molar-refractivity contribution is 5.68. The van der Waals surface area contributed by atoms with Crippen LogP contribution in [0.2, 0.25) is 0 Å². The molecule has 0 bridgehead atoms. The maximum absolute atomic E-state index is 5.81. The summed E-state index contributed by atoms with van der Waals surface area (Å²) in [5.41, 5.74) is 20.9. The van der Waals surface area contributed by atoms with Gasteiger partial charge < -0.3 is 11.5 Å². The van der Waals surface area contributed by atoms with E-state index in [9.17, 15) is 0 Å². The van der Waals surface area contributed by atoms with Gasteiger partial charge in [0, 0.05) is 11.4 Å². The van der Waals surface area contributed by atoms with E-state index in [4.69, 9.17) is 11.5 Å². The summed E-state index contributed by atoms with van der Waals surface area (Å²) in [5.74, 6) is 0. The molecule has 0 radical (unpaired) electrons. The van der Waals surface area contributed by atoms with Crippen LogP contribution in [0.5, 0.6) is 0 Å². The van der Waals surface area contributed by atoms with E-state index in [1.807, 2.05) is 24.3 Å². The molecule has 0 aromatic heterocycles. The van der Waals surface area contributed by atoms with E-state index in [1.54, 1.807) is 0 Å². The molecule has 31 heavy (non-hydrogen) atoms. The Morgan fingerprint density at radius 2 is 0.935 bits per heavy atom. The third-order valence-electron chi connectivity index (χ3n) is 5.04. The maximum Gasteiger partial charge on any atom is 0.0314 e. The number of hydrogen-bond acceptors (Lipinski definition) is 2. The average Bonchev–Trinajstić information content (AvgIpc) is 2.79. The maximum atomic E-state index is 5.81. The van der Waals surface area contributed by atoms with Crippen LogP contribution in [0.3, 0.4) is 0 Å². The predicted octanol–water partition coefficient (Wildman–Crippen LogP) is 7.12. The zero-order chi connectivity index (χ0) is 22.1. The highest BCUT2D eigenvalue weighted by atomic mass is 14.5. The van der Waals surface area contributed by atoms with Gasteiger partial charge in [0.1, 0.15) is 0 Å². The third kappa shape index (κ3) is 6.48. The number of hydrogen-bond donors (Lipinski definition) is 2. The molecule has 0 atom stereocenters. The quantitative estimate of drug-likeness (QED) is 0.346. The zero-order valence-corrected chi connectivity index (χ0v) is 18.5. The van der Waals surface area contributed by atoms with Crippen LogP contribution in [0.1, 0.15) is 42.5 Å². The van der Waals surface area contributed by atoms with Gasteiger partial charge in [-0.2, -0.15) is 0 Å². The molecule has 4 aromatic carbocycles. The molecule has 2 nitrogen and oxygen atoms in total. The van der Waals surface area contributed by atoms with E-state index < -0.39 is 0 Å². The summed E-state index contributed by atoms with van der Waals surface area (Å²) in [7, 11) is 0. The summed E-state index contributed by atoms with van der Waals surface area (Å²) in [6, 6.07) is 33.7. The van der Waals surface area contributed by atoms with E-state index in [1.165, 1.54) is 39.8 Å². The van der Waals surface area contributed by atoms with Gasteiger partial charge in [-0.05, 0) is 70.5 Å². The van der Waals surface area contributed by atoms with Crippen LogP contribution in [0.15, 0.2) is 97.1 Å². The Morgan fingerprint density at radius 3 is 1.45 bits per heavy atom. The lowest BCUT2D eigenvalue weighted by Gasteiger charge is -2.11. The second kappa shape index (κ2) is 11.0. The first-order valence-corrected chi connectivity index (χ1v) is 10.9. The molecule has 0 fully saturated rings. The molecule has 0 spiro atoms. The normalized spacial score (nSPS) is 10.3. The van der Waals surface area contributed by atoms with Crippen molar-refractivity contribution in [3.05, 3.63) is 119 Å². The lowest BCUT2D eigenvalue weighted by atomic mass is 9.94. The van der Waals surface area contributed by atoms with E-state index in [-0.39, 0.29) is 0 Å². The van der Waals surface area contributed by atoms with Gasteiger partial charge in [-0.1, -0.05) is 93.1 Å². The van der Waals surface area contributed by atoms with Gasteiger partial charge in [-0.3, -0.25) is 0 Å². The van der Waals surface area contributed by atoms with Crippen molar-refractivity contribution in [3.8, 4) is 11.1 Å². The van der Waals surface area contributed by atoms with Gasteiger partial charge in [0.25, 0.3) is 0 Å². The van der Waals surface area contributed by atoms with Crippen molar-refractivity contribution in [1.82, 2.24) is 0 Å². The molecule has 0 amide bonds. The monoisotopic (exact) mass is 408 g/mol. The average molecular weight is 409 g/mol. The minimum Gasteiger partial charge on any atom is -0.399 e. The van der Waals surface area contributed by atoms with E-state index in [0.717, 1.165) is 24.2 Å². The highest BCUT2D eigenvalue weighted by Crippen LogP contribution is 2.27. The Kier molecular flexibility index (Phi) is 7.89. The fraction of sp³-hybridized carbons (Fsp3) is 0.172. The van der Waals surface area contributed by atoms with Gasteiger partial charge in [0.05, 0.1) is 0 Å². The fourth-order valence-electron chi connectivity index (χ4n) is 3.48. The molecule has 0 aliphatic heterocycles. The molecule has 0 unspecified atom stereocenters. The minimum atomic E-state index is 0.800. The highest BCUT2D eigenvalue weighted by Gasteiger charge is 2.06. The van der Waals surface area contributed by atoms with Gasteiger partial charge in [-0.15, -0.1) is 0 Å². The molecular weight excluding hydrogens is 376 g/mol. The SMILES string of the molecule is CCC.Nc1ccc(Cc2ccc(-c3ccccc3Cc3ccc(N)cc3)cc2)cc1. The van der Waals surface area contributed by atoms with Crippen molar-refractivity contribution in [2.24, 2.45) is 0 Å².